The number of aromatic carboxylic acids is 1. The SMILES string of the molecule is O=C(O)c1cc(S(=O)(=O)Nc2ccc(F)cc2)c(Cl)cc1Cl. The maximum atomic E-state index is 12.8. The van der Waals surface area contributed by atoms with Crippen LogP contribution in [0.25, 0.3) is 0 Å². The molecule has 2 aromatic rings. The van der Waals surface area contributed by atoms with Crippen LogP contribution in [0.3, 0.4) is 0 Å². The van der Waals surface area contributed by atoms with Crippen LogP contribution < -0.4 is 4.72 Å². The number of carboxylic acid groups (broad SMARTS) is 1. The third-order valence-corrected chi connectivity index (χ3v) is 4.80. The molecule has 0 aromatic heterocycles. The van der Waals surface area contributed by atoms with E-state index in [4.69, 9.17) is 28.3 Å². The average Bonchev–Trinajstić information content (AvgIpc) is 2.40. The lowest BCUT2D eigenvalue weighted by atomic mass is 10.2. The molecule has 0 bridgehead atoms. The zero-order valence-electron chi connectivity index (χ0n) is 10.7. The summed E-state index contributed by atoms with van der Waals surface area (Å²) < 4.78 is 39.5. The van der Waals surface area contributed by atoms with Gasteiger partial charge in [0.1, 0.15) is 10.7 Å². The molecule has 116 valence electrons. The molecule has 2 rings (SSSR count). The number of carbonyl (C=O) groups is 1. The summed E-state index contributed by atoms with van der Waals surface area (Å²) in [5, 5.41) is 8.57. The third kappa shape index (κ3) is 3.49. The van der Waals surface area contributed by atoms with E-state index in [1.165, 1.54) is 12.1 Å². The van der Waals surface area contributed by atoms with Gasteiger partial charge in [-0.25, -0.2) is 17.6 Å². The Balaban J connectivity index is 2.47. The molecule has 9 heteroatoms. The van der Waals surface area contributed by atoms with Crippen molar-refractivity contribution in [2.75, 3.05) is 4.72 Å². The highest BCUT2D eigenvalue weighted by Crippen LogP contribution is 2.30. The summed E-state index contributed by atoms with van der Waals surface area (Å²) in [5.41, 5.74) is -0.296. The number of nitrogens with one attached hydrogen (secondary N) is 1. The van der Waals surface area contributed by atoms with Crippen LogP contribution in [0.2, 0.25) is 10.0 Å². The van der Waals surface area contributed by atoms with Gasteiger partial charge in [-0.2, -0.15) is 0 Å². The molecule has 0 heterocycles. The maximum Gasteiger partial charge on any atom is 0.337 e. The molecule has 22 heavy (non-hydrogen) atoms. The lowest BCUT2D eigenvalue weighted by Crippen LogP contribution is -2.14. The van der Waals surface area contributed by atoms with Gasteiger partial charge >= 0.3 is 5.97 Å². The zero-order valence-corrected chi connectivity index (χ0v) is 13.0. The van der Waals surface area contributed by atoms with Gasteiger partial charge in [-0.3, -0.25) is 4.72 Å². The number of carboxylic acids is 1. The molecular formula is C13H8Cl2FNO4S. The summed E-state index contributed by atoms with van der Waals surface area (Å²) >= 11 is 11.5. The Labute approximate surface area is 135 Å². The van der Waals surface area contributed by atoms with Crippen molar-refractivity contribution in [2.45, 2.75) is 4.90 Å². The van der Waals surface area contributed by atoms with Crippen molar-refractivity contribution in [3.8, 4) is 0 Å². The minimum atomic E-state index is -4.16. The highest BCUT2D eigenvalue weighted by Gasteiger charge is 2.22. The monoisotopic (exact) mass is 363 g/mol. The Kier molecular flexibility index (Phi) is 4.60. The first-order valence-electron chi connectivity index (χ1n) is 5.71. The summed E-state index contributed by atoms with van der Waals surface area (Å²) in [6.07, 6.45) is 0. The van der Waals surface area contributed by atoms with Crippen molar-refractivity contribution in [3.63, 3.8) is 0 Å². The summed E-state index contributed by atoms with van der Waals surface area (Å²) in [4.78, 5) is 10.6. The van der Waals surface area contributed by atoms with Crippen LogP contribution in [0.1, 0.15) is 10.4 Å². The van der Waals surface area contributed by atoms with Crippen LogP contribution in [0.4, 0.5) is 10.1 Å². The van der Waals surface area contributed by atoms with E-state index in [1.807, 2.05) is 0 Å². The Hall–Kier alpha value is -1.83. The average molecular weight is 364 g/mol. The van der Waals surface area contributed by atoms with Gasteiger partial charge in [0.15, 0.2) is 0 Å². The van der Waals surface area contributed by atoms with Gasteiger partial charge in [0.05, 0.1) is 15.6 Å². The van der Waals surface area contributed by atoms with Crippen LogP contribution in [0, 0.1) is 5.82 Å². The quantitative estimate of drug-likeness (QED) is 0.868. The summed E-state index contributed by atoms with van der Waals surface area (Å²) in [6.45, 7) is 0. The van der Waals surface area contributed by atoms with E-state index in [1.54, 1.807) is 0 Å². The van der Waals surface area contributed by atoms with Crippen LogP contribution in [0.15, 0.2) is 41.3 Å². The molecule has 0 saturated carbocycles. The van der Waals surface area contributed by atoms with Gasteiger partial charge in [-0.1, -0.05) is 23.2 Å². The van der Waals surface area contributed by atoms with E-state index < -0.39 is 32.3 Å². The second-order valence-corrected chi connectivity index (χ2v) is 6.65. The molecule has 0 fully saturated rings. The number of hydrogen-bond donors (Lipinski definition) is 2. The van der Waals surface area contributed by atoms with E-state index in [9.17, 15) is 17.6 Å². The zero-order chi connectivity index (χ0) is 16.5. The largest absolute Gasteiger partial charge is 0.478 e. The van der Waals surface area contributed by atoms with E-state index in [0.717, 1.165) is 24.3 Å². The van der Waals surface area contributed by atoms with Gasteiger partial charge in [0.25, 0.3) is 10.0 Å². The summed E-state index contributed by atoms with van der Waals surface area (Å²) in [6, 6.07) is 6.47. The molecule has 0 saturated heterocycles. The van der Waals surface area contributed by atoms with Crippen molar-refractivity contribution in [1.82, 2.24) is 0 Å². The molecule has 5 nitrogen and oxygen atoms in total. The van der Waals surface area contributed by atoms with Crippen molar-refractivity contribution in [3.05, 3.63) is 57.8 Å². The molecule has 0 aliphatic carbocycles. The Morgan fingerprint density at radius 2 is 1.68 bits per heavy atom. The molecule has 0 aliphatic heterocycles. The van der Waals surface area contributed by atoms with Gasteiger partial charge in [0.2, 0.25) is 0 Å². The van der Waals surface area contributed by atoms with Gasteiger partial charge in [-0.05, 0) is 36.4 Å². The molecule has 0 spiro atoms. The highest BCUT2D eigenvalue weighted by molar-refractivity contribution is 7.92. The molecule has 2 aromatic carbocycles. The third-order valence-electron chi connectivity index (χ3n) is 2.64. The van der Waals surface area contributed by atoms with E-state index in [2.05, 4.69) is 4.72 Å². The molecular weight excluding hydrogens is 356 g/mol. The predicted octanol–water partition coefficient (Wildman–Crippen LogP) is 3.63. The van der Waals surface area contributed by atoms with Crippen LogP contribution in [0.5, 0.6) is 0 Å². The number of rotatable bonds is 4. The van der Waals surface area contributed by atoms with Crippen molar-refractivity contribution < 1.29 is 22.7 Å². The first-order chi connectivity index (χ1) is 10.2. The van der Waals surface area contributed by atoms with Crippen LogP contribution >= 0.6 is 23.2 Å². The molecule has 0 aliphatic rings. The molecule has 0 amide bonds. The highest BCUT2D eigenvalue weighted by atomic mass is 35.5. The van der Waals surface area contributed by atoms with Crippen molar-refractivity contribution in [2.24, 2.45) is 0 Å². The first kappa shape index (κ1) is 16.5. The van der Waals surface area contributed by atoms with Gasteiger partial charge in [0, 0.05) is 5.69 Å². The normalized spacial score (nSPS) is 11.2. The smallest absolute Gasteiger partial charge is 0.337 e. The number of anilines is 1. The minimum Gasteiger partial charge on any atom is -0.478 e. The lowest BCUT2D eigenvalue weighted by Gasteiger charge is -2.11. The van der Waals surface area contributed by atoms with Crippen molar-refractivity contribution >= 4 is 44.9 Å². The van der Waals surface area contributed by atoms with Gasteiger partial charge in [-0.15, -0.1) is 0 Å². The maximum absolute atomic E-state index is 12.8. The Morgan fingerprint density at radius 3 is 2.23 bits per heavy atom. The van der Waals surface area contributed by atoms with Crippen LogP contribution in [-0.4, -0.2) is 19.5 Å². The van der Waals surface area contributed by atoms with E-state index in [-0.39, 0.29) is 15.7 Å². The van der Waals surface area contributed by atoms with E-state index >= 15 is 0 Å². The Morgan fingerprint density at radius 1 is 1.09 bits per heavy atom. The summed E-state index contributed by atoms with van der Waals surface area (Å²) in [5.74, 6) is -1.92. The standard InChI is InChI=1S/C13H8Cl2FNO4S/c14-10-6-11(15)12(5-9(10)13(18)19)22(20,21)17-8-3-1-7(16)2-4-8/h1-6,17H,(H,18,19). The number of halogens is 3. The molecule has 0 radical (unpaired) electrons. The van der Waals surface area contributed by atoms with E-state index in [0.29, 0.717) is 0 Å². The molecule has 0 atom stereocenters. The lowest BCUT2D eigenvalue weighted by molar-refractivity contribution is 0.0697. The number of hydrogen-bond acceptors (Lipinski definition) is 3. The second kappa shape index (κ2) is 6.12. The fourth-order valence-corrected chi connectivity index (χ4v) is 3.54. The number of sulfonamides is 1. The topological polar surface area (TPSA) is 83.5 Å². The molecule has 2 N–H and O–H groups in total. The minimum absolute atomic E-state index is 0.101. The van der Waals surface area contributed by atoms with Crippen LogP contribution in [-0.2, 0) is 10.0 Å². The first-order valence-corrected chi connectivity index (χ1v) is 7.95. The Bertz CT molecular complexity index is 838. The summed E-state index contributed by atoms with van der Waals surface area (Å²) in [7, 11) is -4.16. The molecule has 0 unspecified atom stereocenters. The predicted molar refractivity (Wildman–Crippen MR) is 80.6 cm³/mol. The van der Waals surface area contributed by atoms with Crippen molar-refractivity contribution in [1.29, 1.82) is 0 Å². The number of benzene rings is 2. The fourth-order valence-electron chi connectivity index (χ4n) is 1.63. The second-order valence-electron chi connectivity index (χ2n) is 4.18. The van der Waals surface area contributed by atoms with Gasteiger partial charge < -0.3 is 5.11 Å². The fraction of sp³-hybridized carbons (Fsp3) is 0.